The number of aliphatic hydroxyl groups is 1. The van der Waals surface area contributed by atoms with Crippen molar-refractivity contribution in [2.24, 2.45) is 0 Å². The van der Waals surface area contributed by atoms with Gasteiger partial charge in [0.05, 0.1) is 19.1 Å². The third-order valence-electron chi connectivity index (χ3n) is 4.92. The van der Waals surface area contributed by atoms with E-state index in [1.807, 2.05) is 18.2 Å². The molecule has 2 aromatic rings. The van der Waals surface area contributed by atoms with Crippen molar-refractivity contribution >= 4 is 22.6 Å². The van der Waals surface area contributed by atoms with E-state index in [2.05, 4.69) is 34.5 Å². The molecule has 26 heavy (non-hydrogen) atoms. The zero-order valence-electron chi connectivity index (χ0n) is 15.0. The second-order valence-electron chi connectivity index (χ2n) is 6.66. The Hall–Kier alpha value is -2.44. The predicted molar refractivity (Wildman–Crippen MR) is 100 cm³/mol. The molecule has 0 aromatic heterocycles. The van der Waals surface area contributed by atoms with Crippen LogP contribution < -0.4 is 5.32 Å². The van der Waals surface area contributed by atoms with Gasteiger partial charge in [0.1, 0.15) is 0 Å². The van der Waals surface area contributed by atoms with Crippen LogP contribution in [-0.2, 0) is 16.1 Å². The number of carbonyl (C=O) groups excluding carboxylic acids is 2. The van der Waals surface area contributed by atoms with Gasteiger partial charge in [-0.25, -0.2) is 0 Å². The molecule has 6 heteroatoms. The third-order valence-corrected chi connectivity index (χ3v) is 4.92. The molecule has 2 amide bonds. The molecule has 1 aliphatic heterocycles. The Morgan fingerprint density at radius 2 is 2.04 bits per heavy atom. The third kappa shape index (κ3) is 4.03. The first-order valence-electron chi connectivity index (χ1n) is 8.93. The van der Waals surface area contributed by atoms with Crippen molar-refractivity contribution in [2.45, 2.75) is 19.0 Å². The van der Waals surface area contributed by atoms with Gasteiger partial charge >= 0.3 is 0 Å². The summed E-state index contributed by atoms with van der Waals surface area (Å²) < 4.78 is 0. The Morgan fingerprint density at radius 1 is 1.27 bits per heavy atom. The lowest BCUT2D eigenvalue weighted by Crippen LogP contribution is -2.56. The number of rotatable bonds is 6. The standard InChI is InChI=1S/C20H25N3O3/c1-22(11-12-24)19(25)13-18-20(26)21-9-10-23(18)14-16-7-4-6-15-5-2-3-8-17(15)16/h2-8,18,24H,9-14H2,1H3,(H,21,26)/t18-/m1/s1. The summed E-state index contributed by atoms with van der Waals surface area (Å²) in [6.07, 6.45) is 0.118. The van der Waals surface area contributed by atoms with Crippen molar-refractivity contribution in [3.05, 3.63) is 48.0 Å². The fourth-order valence-electron chi connectivity index (χ4n) is 3.42. The van der Waals surface area contributed by atoms with Crippen LogP contribution in [0.4, 0.5) is 0 Å². The number of piperazine rings is 1. The van der Waals surface area contributed by atoms with E-state index in [1.54, 1.807) is 7.05 Å². The van der Waals surface area contributed by atoms with Crippen LogP contribution in [0.15, 0.2) is 42.5 Å². The first-order chi connectivity index (χ1) is 12.6. The normalized spacial score (nSPS) is 17.9. The van der Waals surface area contributed by atoms with Gasteiger partial charge in [-0.05, 0) is 16.3 Å². The van der Waals surface area contributed by atoms with E-state index in [9.17, 15) is 9.59 Å². The van der Waals surface area contributed by atoms with Gasteiger partial charge in [-0.2, -0.15) is 0 Å². The minimum absolute atomic E-state index is 0.0845. The highest BCUT2D eigenvalue weighted by Gasteiger charge is 2.32. The van der Waals surface area contributed by atoms with Crippen LogP contribution in [-0.4, -0.2) is 66.1 Å². The molecule has 1 heterocycles. The van der Waals surface area contributed by atoms with Crippen LogP contribution in [0.3, 0.4) is 0 Å². The van der Waals surface area contributed by atoms with E-state index in [0.29, 0.717) is 19.6 Å². The molecule has 2 N–H and O–H groups in total. The molecule has 0 unspecified atom stereocenters. The molecule has 1 saturated heterocycles. The molecular weight excluding hydrogens is 330 g/mol. The van der Waals surface area contributed by atoms with Gasteiger partial charge in [0.25, 0.3) is 0 Å². The highest BCUT2D eigenvalue weighted by Crippen LogP contribution is 2.22. The average molecular weight is 355 g/mol. The molecule has 6 nitrogen and oxygen atoms in total. The number of hydrogen-bond acceptors (Lipinski definition) is 4. The van der Waals surface area contributed by atoms with Crippen LogP contribution in [0.25, 0.3) is 10.8 Å². The largest absolute Gasteiger partial charge is 0.395 e. The minimum Gasteiger partial charge on any atom is -0.395 e. The lowest BCUT2D eigenvalue weighted by Gasteiger charge is -2.35. The zero-order valence-corrected chi connectivity index (χ0v) is 15.0. The number of nitrogens with zero attached hydrogens (tertiary/aromatic N) is 2. The van der Waals surface area contributed by atoms with Gasteiger partial charge in [0.2, 0.25) is 11.8 Å². The van der Waals surface area contributed by atoms with Gasteiger partial charge in [-0.1, -0.05) is 42.5 Å². The Balaban J connectivity index is 1.79. The minimum atomic E-state index is -0.489. The van der Waals surface area contributed by atoms with Gasteiger partial charge < -0.3 is 15.3 Å². The van der Waals surface area contributed by atoms with Crippen molar-refractivity contribution in [3.63, 3.8) is 0 Å². The lowest BCUT2D eigenvalue weighted by atomic mass is 10.0. The van der Waals surface area contributed by atoms with Crippen LogP contribution in [0.1, 0.15) is 12.0 Å². The molecule has 2 aromatic carbocycles. The fourth-order valence-corrected chi connectivity index (χ4v) is 3.42. The summed E-state index contributed by atoms with van der Waals surface area (Å²) >= 11 is 0. The maximum Gasteiger partial charge on any atom is 0.237 e. The quantitative estimate of drug-likeness (QED) is 0.810. The lowest BCUT2D eigenvalue weighted by molar-refractivity contribution is -0.138. The highest BCUT2D eigenvalue weighted by molar-refractivity contribution is 5.89. The van der Waals surface area contributed by atoms with Gasteiger partial charge in [-0.15, -0.1) is 0 Å². The van der Waals surface area contributed by atoms with Crippen molar-refractivity contribution in [1.29, 1.82) is 0 Å². The van der Waals surface area contributed by atoms with Crippen molar-refractivity contribution < 1.29 is 14.7 Å². The Kier molecular flexibility index (Phi) is 5.85. The number of aliphatic hydroxyl groups excluding tert-OH is 1. The van der Waals surface area contributed by atoms with Crippen LogP contribution in [0, 0.1) is 0 Å². The number of nitrogens with one attached hydrogen (secondary N) is 1. The topological polar surface area (TPSA) is 72.9 Å². The summed E-state index contributed by atoms with van der Waals surface area (Å²) in [4.78, 5) is 28.3. The Labute approximate surface area is 153 Å². The number of fused-ring (bicyclic) bond motifs is 1. The van der Waals surface area contributed by atoms with Gasteiger partial charge in [0.15, 0.2) is 0 Å². The number of benzene rings is 2. The zero-order chi connectivity index (χ0) is 18.5. The molecule has 0 aliphatic carbocycles. The monoisotopic (exact) mass is 355 g/mol. The summed E-state index contributed by atoms with van der Waals surface area (Å²) in [5.74, 6) is -0.244. The second-order valence-corrected chi connectivity index (χ2v) is 6.66. The smallest absolute Gasteiger partial charge is 0.237 e. The van der Waals surface area contributed by atoms with Crippen LogP contribution in [0.2, 0.25) is 0 Å². The molecular formula is C20H25N3O3. The van der Waals surface area contributed by atoms with E-state index in [0.717, 1.165) is 5.56 Å². The molecule has 0 spiro atoms. The first kappa shape index (κ1) is 18.4. The molecule has 0 saturated carbocycles. The van der Waals surface area contributed by atoms with Crippen molar-refractivity contribution in [1.82, 2.24) is 15.1 Å². The Morgan fingerprint density at radius 3 is 2.85 bits per heavy atom. The Bertz CT molecular complexity index is 787. The number of hydrogen-bond donors (Lipinski definition) is 2. The van der Waals surface area contributed by atoms with E-state index in [4.69, 9.17) is 5.11 Å². The van der Waals surface area contributed by atoms with E-state index in [-0.39, 0.29) is 31.4 Å². The molecule has 1 aliphatic rings. The summed E-state index contributed by atoms with van der Waals surface area (Å²) in [6, 6.07) is 13.9. The number of amides is 2. The number of likely N-dealkylation sites (N-methyl/N-ethyl adjacent to an activating group) is 1. The SMILES string of the molecule is CN(CCO)C(=O)C[C@@H]1C(=O)NCCN1Cc1cccc2ccccc12. The predicted octanol–water partition coefficient (Wildman–Crippen LogP) is 0.981. The maximum absolute atomic E-state index is 12.4. The molecule has 1 atom stereocenters. The molecule has 1 fully saturated rings. The molecule has 138 valence electrons. The number of carbonyl (C=O) groups is 2. The fraction of sp³-hybridized carbons (Fsp3) is 0.400. The van der Waals surface area contributed by atoms with E-state index in [1.165, 1.54) is 15.7 Å². The average Bonchev–Trinajstić information content (AvgIpc) is 2.65. The van der Waals surface area contributed by atoms with E-state index >= 15 is 0 Å². The van der Waals surface area contributed by atoms with Gasteiger partial charge in [0, 0.05) is 33.2 Å². The van der Waals surface area contributed by atoms with Crippen LogP contribution >= 0.6 is 0 Å². The van der Waals surface area contributed by atoms with Gasteiger partial charge in [-0.3, -0.25) is 14.5 Å². The van der Waals surface area contributed by atoms with Crippen LogP contribution in [0.5, 0.6) is 0 Å². The highest BCUT2D eigenvalue weighted by atomic mass is 16.3. The first-order valence-corrected chi connectivity index (χ1v) is 8.93. The van der Waals surface area contributed by atoms with Crippen molar-refractivity contribution in [3.8, 4) is 0 Å². The molecule has 0 bridgehead atoms. The second kappa shape index (κ2) is 8.29. The molecule has 3 rings (SSSR count). The summed E-state index contributed by atoms with van der Waals surface area (Å²) in [7, 11) is 1.65. The summed E-state index contributed by atoms with van der Waals surface area (Å²) in [5, 5.41) is 14.2. The van der Waals surface area contributed by atoms with Crippen molar-refractivity contribution in [2.75, 3.05) is 33.3 Å². The van der Waals surface area contributed by atoms with E-state index < -0.39 is 6.04 Å². The summed E-state index contributed by atoms with van der Waals surface area (Å²) in [6.45, 7) is 2.10. The molecule has 0 radical (unpaired) electrons. The summed E-state index contributed by atoms with van der Waals surface area (Å²) in [5.41, 5.74) is 1.15. The maximum atomic E-state index is 12.4.